The van der Waals surface area contributed by atoms with E-state index in [4.69, 9.17) is 34.8 Å². The Bertz CT molecular complexity index is 499. The maximum absolute atomic E-state index is 11.0. The van der Waals surface area contributed by atoms with Crippen LogP contribution in [0.3, 0.4) is 0 Å². The van der Waals surface area contributed by atoms with Crippen molar-refractivity contribution < 1.29 is 13.5 Å². The van der Waals surface area contributed by atoms with Gasteiger partial charge in [-0.3, -0.25) is 0 Å². The summed E-state index contributed by atoms with van der Waals surface area (Å²) >= 11 is 17.3. The van der Waals surface area contributed by atoms with Gasteiger partial charge in [0.15, 0.2) is 0 Å². The molecule has 0 aliphatic heterocycles. The normalized spacial score (nSPS) is 13.8. The first kappa shape index (κ1) is 14.1. The van der Waals surface area contributed by atoms with Crippen molar-refractivity contribution >= 4 is 44.6 Å². The van der Waals surface area contributed by atoms with E-state index in [-0.39, 0.29) is 20.6 Å². The first-order valence-electron chi connectivity index (χ1n) is 4.21. The van der Waals surface area contributed by atoms with Gasteiger partial charge >= 0.3 is 0 Å². The maximum atomic E-state index is 11.0. The van der Waals surface area contributed by atoms with Crippen molar-refractivity contribution in [2.24, 2.45) is 0 Å². The van der Waals surface area contributed by atoms with Crippen molar-refractivity contribution in [3.8, 4) is 0 Å². The molecule has 1 atom stereocenters. The quantitative estimate of drug-likeness (QED) is 0.874. The van der Waals surface area contributed by atoms with E-state index < -0.39 is 21.7 Å². The summed E-state index contributed by atoms with van der Waals surface area (Å²) in [7, 11) is -3.30. The molecule has 90 valence electrons. The Labute approximate surface area is 109 Å². The molecule has 7 heteroatoms. The van der Waals surface area contributed by atoms with Crippen LogP contribution in [0.4, 0.5) is 0 Å². The summed E-state index contributed by atoms with van der Waals surface area (Å²) in [5.41, 5.74) is 0.251. The van der Waals surface area contributed by atoms with Gasteiger partial charge in [0.05, 0.1) is 21.9 Å². The molecule has 0 saturated heterocycles. The van der Waals surface area contributed by atoms with Gasteiger partial charge in [0.2, 0.25) is 0 Å². The lowest BCUT2D eigenvalue weighted by Gasteiger charge is -2.12. The molecule has 0 spiro atoms. The molecule has 0 aromatic heterocycles. The van der Waals surface area contributed by atoms with Crippen LogP contribution in [0.5, 0.6) is 0 Å². The largest absolute Gasteiger partial charge is 0.387 e. The number of sulfone groups is 1. The molecule has 0 bridgehead atoms. The summed E-state index contributed by atoms with van der Waals surface area (Å²) in [5.74, 6) is -0.412. The topological polar surface area (TPSA) is 54.4 Å². The molecular formula is C9H9Cl3O3S. The predicted molar refractivity (Wildman–Crippen MR) is 66.1 cm³/mol. The van der Waals surface area contributed by atoms with Crippen LogP contribution < -0.4 is 0 Å². The van der Waals surface area contributed by atoms with Crippen LogP contribution in [0.2, 0.25) is 15.1 Å². The zero-order valence-electron chi connectivity index (χ0n) is 8.25. The van der Waals surface area contributed by atoms with E-state index in [2.05, 4.69) is 0 Å². The third-order valence-electron chi connectivity index (χ3n) is 1.86. The van der Waals surface area contributed by atoms with Gasteiger partial charge in [-0.1, -0.05) is 34.8 Å². The fourth-order valence-corrected chi connectivity index (χ4v) is 2.60. The van der Waals surface area contributed by atoms with Crippen LogP contribution >= 0.6 is 34.8 Å². The van der Waals surface area contributed by atoms with Crippen molar-refractivity contribution in [2.75, 3.05) is 12.0 Å². The van der Waals surface area contributed by atoms with Crippen LogP contribution in [0.25, 0.3) is 0 Å². The molecule has 1 aromatic carbocycles. The Morgan fingerprint density at radius 1 is 1.19 bits per heavy atom. The molecule has 0 amide bonds. The lowest BCUT2D eigenvalue weighted by atomic mass is 10.1. The summed E-state index contributed by atoms with van der Waals surface area (Å²) < 4.78 is 22.0. The Hall–Kier alpha value is -0.000000000000000167. The number of rotatable bonds is 3. The van der Waals surface area contributed by atoms with Gasteiger partial charge in [-0.25, -0.2) is 8.42 Å². The van der Waals surface area contributed by atoms with Crippen LogP contribution in [0.15, 0.2) is 12.1 Å². The van der Waals surface area contributed by atoms with E-state index >= 15 is 0 Å². The van der Waals surface area contributed by atoms with E-state index in [1.165, 1.54) is 12.1 Å². The lowest BCUT2D eigenvalue weighted by molar-refractivity contribution is 0.202. The number of halogens is 3. The third kappa shape index (κ3) is 3.79. The molecule has 0 aliphatic carbocycles. The number of hydrogen-bond donors (Lipinski definition) is 1. The molecule has 1 rings (SSSR count). The van der Waals surface area contributed by atoms with E-state index in [0.717, 1.165) is 6.26 Å². The summed E-state index contributed by atoms with van der Waals surface area (Å²) in [6.45, 7) is 0. The highest BCUT2D eigenvalue weighted by molar-refractivity contribution is 7.90. The zero-order chi connectivity index (χ0) is 12.5. The zero-order valence-corrected chi connectivity index (χ0v) is 11.3. The molecule has 0 radical (unpaired) electrons. The molecule has 0 fully saturated rings. The molecular weight excluding hydrogens is 295 g/mol. The van der Waals surface area contributed by atoms with Gasteiger partial charge in [0.25, 0.3) is 0 Å². The van der Waals surface area contributed by atoms with E-state index in [1.807, 2.05) is 0 Å². The lowest BCUT2D eigenvalue weighted by Crippen LogP contribution is -2.13. The van der Waals surface area contributed by atoms with Crippen LogP contribution in [-0.2, 0) is 9.84 Å². The van der Waals surface area contributed by atoms with Gasteiger partial charge in [-0.15, -0.1) is 0 Å². The van der Waals surface area contributed by atoms with Gasteiger partial charge in [-0.05, 0) is 12.1 Å². The standard InChI is InChI=1S/C9H9Cl3O3S/c1-16(14,15)4-9(13)5-2-7(11)8(12)3-6(5)10/h2-3,9,13H,4H2,1H3. The minimum atomic E-state index is -3.30. The summed E-state index contributed by atoms with van der Waals surface area (Å²) in [6, 6.07) is 2.73. The van der Waals surface area contributed by atoms with Crippen molar-refractivity contribution in [3.05, 3.63) is 32.8 Å². The number of hydrogen-bond acceptors (Lipinski definition) is 3. The van der Waals surface area contributed by atoms with Crippen LogP contribution in [-0.4, -0.2) is 25.5 Å². The van der Waals surface area contributed by atoms with Gasteiger partial charge in [-0.2, -0.15) is 0 Å². The SMILES string of the molecule is CS(=O)(=O)CC(O)c1cc(Cl)c(Cl)cc1Cl. The van der Waals surface area contributed by atoms with E-state index in [0.29, 0.717) is 0 Å². The molecule has 3 nitrogen and oxygen atoms in total. The highest BCUT2D eigenvalue weighted by Gasteiger charge is 2.18. The molecule has 1 unspecified atom stereocenters. The first-order valence-corrected chi connectivity index (χ1v) is 7.40. The predicted octanol–water partition coefficient (Wildman–Crippen LogP) is 2.72. The Kier molecular flexibility index (Phi) is 4.49. The fourth-order valence-electron chi connectivity index (χ4n) is 1.17. The molecule has 1 aromatic rings. The minimum Gasteiger partial charge on any atom is -0.387 e. The minimum absolute atomic E-state index is 0.186. The molecule has 1 N–H and O–H groups in total. The first-order chi connectivity index (χ1) is 7.20. The molecule has 16 heavy (non-hydrogen) atoms. The van der Waals surface area contributed by atoms with Gasteiger partial charge < -0.3 is 5.11 Å². The number of aliphatic hydroxyl groups excluding tert-OH is 1. The summed E-state index contributed by atoms with van der Waals surface area (Å²) in [6.07, 6.45) is -0.181. The van der Waals surface area contributed by atoms with E-state index in [1.54, 1.807) is 0 Å². The highest BCUT2D eigenvalue weighted by Crippen LogP contribution is 2.32. The second-order valence-corrected chi connectivity index (χ2v) is 6.80. The average Bonchev–Trinajstić information content (AvgIpc) is 2.08. The van der Waals surface area contributed by atoms with Crippen molar-refractivity contribution in [3.63, 3.8) is 0 Å². The van der Waals surface area contributed by atoms with Crippen molar-refractivity contribution in [1.29, 1.82) is 0 Å². The smallest absolute Gasteiger partial charge is 0.150 e. The number of aliphatic hydroxyl groups is 1. The Balaban J connectivity index is 3.09. The molecule has 0 heterocycles. The van der Waals surface area contributed by atoms with Crippen LogP contribution in [0, 0.1) is 0 Å². The second-order valence-electron chi connectivity index (χ2n) is 3.40. The number of benzene rings is 1. The Morgan fingerprint density at radius 3 is 2.19 bits per heavy atom. The summed E-state index contributed by atoms with van der Waals surface area (Å²) in [5, 5.41) is 10.3. The van der Waals surface area contributed by atoms with Crippen molar-refractivity contribution in [2.45, 2.75) is 6.10 Å². The maximum Gasteiger partial charge on any atom is 0.150 e. The van der Waals surface area contributed by atoms with Crippen molar-refractivity contribution in [1.82, 2.24) is 0 Å². The average molecular weight is 304 g/mol. The van der Waals surface area contributed by atoms with Gasteiger partial charge in [0, 0.05) is 16.8 Å². The fraction of sp³-hybridized carbons (Fsp3) is 0.333. The Morgan fingerprint density at radius 2 is 1.69 bits per heavy atom. The van der Waals surface area contributed by atoms with Gasteiger partial charge in [0.1, 0.15) is 9.84 Å². The third-order valence-corrected chi connectivity index (χ3v) is 3.83. The summed E-state index contributed by atoms with van der Waals surface area (Å²) in [4.78, 5) is 0. The monoisotopic (exact) mass is 302 g/mol. The second kappa shape index (κ2) is 5.10. The van der Waals surface area contributed by atoms with E-state index in [9.17, 15) is 13.5 Å². The van der Waals surface area contributed by atoms with Crippen LogP contribution in [0.1, 0.15) is 11.7 Å². The molecule has 0 saturated carbocycles. The highest BCUT2D eigenvalue weighted by atomic mass is 35.5. The molecule has 0 aliphatic rings.